The van der Waals surface area contributed by atoms with E-state index < -0.39 is 0 Å². The predicted molar refractivity (Wildman–Crippen MR) is 90.3 cm³/mol. The number of hydrogen-bond acceptors (Lipinski definition) is 2. The van der Waals surface area contributed by atoms with Crippen molar-refractivity contribution in [3.05, 3.63) is 0 Å². The zero-order chi connectivity index (χ0) is 15.7. The second kappa shape index (κ2) is 6.58. The third-order valence-corrected chi connectivity index (χ3v) is 6.46. The molecule has 0 saturated heterocycles. The number of rotatable bonds is 3. The van der Waals surface area contributed by atoms with Gasteiger partial charge in [-0.3, -0.25) is 0 Å². The molecule has 0 aromatic heterocycles. The smallest absolute Gasteiger partial charge is 0.0808 e. The maximum atomic E-state index is 6.62. The number of ether oxygens (including phenoxy) is 1. The molecule has 0 heterocycles. The zero-order valence-corrected chi connectivity index (χ0v) is 15.0. The van der Waals surface area contributed by atoms with Crippen LogP contribution < -0.4 is 5.73 Å². The largest absolute Gasteiger partial charge is 0.370 e. The molecule has 2 rings (SSSR count). The topological polar surface area (TPSA) is 35.2 Å². The van der Waals surface area contributed by atoms with Gasteiger partial charge in [0.15, 0.2) is 0 Å². The van der Waals surface area contributed by atoms with Crippen LogP contribution >= 0.6 is 0 Å². The van der Waals surface area contributed by atoms with E-state index in [1.165, 1.54) is 32.1 Å². The van der Waals surface area contributed by atoms with E-state index in [-0.39, 0.29) is 5.60 Å². The standard InChI is InChI=1S/C19H37NO/c1-14-6-7-17(12-15(14)2)21-19(13-20)10-8-16(9-11-19)18(3,4)5/h14-17H,6-13,20H2,1-5H3. The van der Waals surface area contributed by atoms with Crippen molar-refractivity contribution in [3.63, 3.8) is 0 Å². The summed E-state index contributed by atoms with van der Waals surface area (Å²) < 4.78 is 6.62. The number of hydrogen-bond donors (Lipinski definition) is 1. The molecular weight excluding hydrogens is 258 g/mol. The lowest BCUT2D eigenvalue weighted by Gasteiger charge is -2.46. The Balaban J connectivity index is 1.91. The molecule has 0 radical (unpaired) electrons. The van der Waals surface area contributed by atoms with Gasteiger partial charge in [0, 0.05) is 6.54 Å². The van der Waals surface area contributed by atoms with Crippen LogP contribution in [-0.4, -0.2) is 18.2 Å². The van der Waals surface area contributed by atoms with Gasteiger partial charge in [-0.1, -0.05) is 34.6 Å². The van der Waals surface area contributed by atoms with Crippen LogP contribution in [0.4, 0.5) is 0 Å². The van der Waals surface area contributed by atoms with Crippen molar-refractivity contribution in [1.29, 1.82) is 0 Å². The molecule has 0 amide bonds. The minimum atomic E-state index is -0.0211. The average Bonchev–Trinajstić information content (AvgIpc) is 2.42. The van der Waals surface area contributed by atoms with Crippen molar-refractivity contribution in [2.45, 2.75) is 91.3 Å². The lowest BCUT2D eigenvalue weighted by molar-refractivity contribution is -0.136. The van der Waals surface area contributed by atoms with Gasteiger partial charge < -0.3 is 10.5 Å². The Morgan fingerprint density at radius 3 is 2.10 bits per heavy atom. The molecule has 2 aliphatic rings. The lowest BCUT2D eigenvalue weighted by atomic mass is 9.68. The normalized spacial score (nSPS) is 42.0. The summed E-state index contributed by atoms with van der Waals surface area (Å²) in [6.45, 7) is 12.6. The zero-order valence-electron chi connectivity index (χ0n) is 15.0. The van der Waals surface area contributed by atoms with E-state index >= 15 is 0 Å². The Morgan fingerprint density at radius 1 is 1.00 bits per heavy atom. The predicted octanol–water partition coefficient (Wildman–Crippen LogP) is 4.76. The first-order chi connectivity index (χ1) is 9.76. The Bertz CT molecular complexity index is 325. The van der Waals surface area contributed by atoms with E-state index in [1.807, 2.05) is 0 Å². The fourth-order valence-corrected chi connectivity index (χ4v) is 4.34. The summed E-state index contributed by atoms with van der Waals surface area (Å²) in [5.41, 5.74) is 6.55. The van der Waals surface area contributed by atoms with E-state index in [9.17, 15) is 0 Å². The second-order valence-corrected chi connectivity index (χ2v) is 9.03. The molecule has 3 unspecified atom stereocenters. The van der Waals surface area contributed by atoms with Crippen LogP contribution in [0, 0.1) is 23.2 Å². The summed E-state index contributed by atoms with van der Waals surface area (Å²) in [7, 11) is 0. The van der Waals surface area contributed by atoms with Crippen molar-refractivity contribution >= 4 is 0 Å². The Hall–Kier alpha value is -0.0800. The van der Waals surface area contributed by atoms with Crippen LogP contribution in [0.5, 0.6) is 0 Å². The van der Waals surface area contributed by atoms with Crippen molar-refractivity contribution in [3.8, 4) is 0 Å². The highest BCUT2D eigenvalue weighted by atomic mass is 16.5. The van der Waals surface area contributed by atoms with Gasteiger partial charge in [0.25, 0.3) is 0 Å². The minimum absolute atomic E-state index is 0.0211. The summed E-state index contributed by atoms with van der Waals surface area (Å²) in [4.78, 5) is 0. The van der Waals surface area contributed by atoms with Crippen LogP contribution in [0.1, 0.15) is 79.6 Å². The second-order valence-electron chi connectivity index (χ2n) is 9.03. The fraction of sp³-hybridized carbons (Fsp3) is 1.00. The van der Waals surface area contributed by atoms with Crippen molar-refractivity contribution < 1.29 is 4.74 Å². The third kappa shape index (κ3) is 4.22. The van der Waals surface area contributed by atoms with Crippen molar-refractivity contribution in [2.24, 2.45) is 28.9 Å². The summed E-state index contributed by atoms with van der Waals surface area (Å²) >= 11 is 0. The molecule has 21 heavy (non-hydrogen) atoms. The van der Waals surface area contributed by atoms with Gasteiger partial charge in [-0.05, 0) is 68.1 Å². The van der Waals surface area contributed by atoms with E-state index in [4.69, 9.17) is 10.5 Å². The quantitative estimate of drug-likeness (QED) is 0.814. The molecule has 2 fully saturated rings. The molecule has 0 aromatic carbocycles. The molecule has 0 aromatic rings. The first-order valence-electron chi connectivity index (χ1n) is 9.13. The first kappa shape index (κ1) is 17.3. The Labute approximate surface area is 132 Å². The van der Waals surface area contributed by atoms with Gasteiger partial charge >= 0.3 is 0 Å². The van der Waals surface area contributed by atoms with Crippen LogP contribution in [-0.2, 0) is 4.74 Å². The molecule has 2 aliphatic carbocycles. The SMILES string of the molecule is CC1CCC(OC2(CN)CCC(C(C)(C)C)CC2)CC1C. The van der Waals surface area contributed by atoms with Crippen molar-refractivity contribution in [1.82, 2.24) is 0 Å². The molecule has 3 atom stereocenters. The summed E-state index contributed by atoms with van der Waals surface area (Å²) in [6, 6.07) is 0. The van der Waals surface area contributed by atoms with Crippen LogP contribution in [0.15, 0.2) is 0 Å². The molecule has 0 spiro atoms. The fourth-order valence-electron chi connectivity index (χ4n) is 4.34. The highest BCUT2D eigenvalue weighted by molar-refractivity contribution is 4.93. The van der Waals surface area contributed by atoms with Crippen LogP contribution in [0.2, 0.25) is 0 Å². The number of nitrogens with two attached hydrogens (primary N) is 1. The van der Waals surface area contributed by atoms with E-state index in [1.54, 1.807) is 0 Å². The Morgan fingerprint density at radius 2 is 1.62 bits per heavy atom. The van der Waals surface area contributed by atoms with Crippen molar-refractivity contribution in [2.75, 3.05) is 6.54 Å². The molecule has 0 bridgehead atoms. The average molecular weight is 296 g/mol. The molecule has 2 nitrogen and oxygen atoms in total. The first-order valence-corrected chi connectivity index (χ1v) is 9.13. The maximum absolute atomic E-state index is 6.62. The molecule has 0 aliphatic heterocycles. The third-order valence-electron chi connectivity index (χ3n) is 6.46. The summed E-state index contributed by atoms with van der Waals surface area (Å²) in [5, 5.41) is 0. The Kier molecular flexibility index (Phi) is 5.41. The van der Waals surface area contributed by atoms with E-state index in [2.05, 4.69) is 34.6 Å². The van der Waals surface area contributed by atoms with Gasteiger partial charge in [0.2, 0.25) is 0 Å². The summed E-state index contributed by atoms with van der Waals surface area (Å²) in [5.74, 6) is 2.48. The highest BCUT2D eigenvalue weighted by Gasteiger charge is 2.41. The van der Waals surface area contributed by atoms with Crippen LogP contribution in [0.3, 0.4) is 0 Å². The molecule has 124 valence electrons. The van der Waals surface area contributed by atoms with Gasteiger partial charge in [-0.15, -0.1) is 0 Å². The molecule has 2 heteroatoms. The van der Waals surface area contributed by atoms with Crippen LogP contribution in [0.25, 0.3) is 0 Å². The minimum Gasteiger partial charge on any atom is -0.370 e. The van der Waals surface area contributed by atoms with Gasteiger partial charge in [0.1, 0.15) is 0 Å². The maximum Gasteiger partial charge on any atom is 0.0808 e. The van der Waals surface area contributed by atoms with Gasteiger partial charge in [-0.2, -0.15) is 0 Å². The lowest BCUT2D eigenvalue weighted by Crippen LogP contribution is -2.48. The highest BCUT2D eigenvalue weighted by Crippen LogP contribution is 2.44. The van der Waals surface area contributed by atoms with E-state index in [0.29, 0.717) is 18.1 Å². The molecule has 2 N–H and O–H groups in total. The molecular formula is C19H37NO. The summed E-state index contributed by atoms with van der Waals surface area (Å²) in [6.07, 6.45) is 9.10. The van der Waals surface area contributed by atoms with Gasteiger partial charge in [-0.25, -0.2) is 0 Å². The van der Waals surface area contributed by atoms with E-state index in [0.717, 1.165) is 30.6 Å². The molecule has 2 saturated carbocycles. The monoisotopic (exact) mass is 295 g/mol. The van der Waals surface area contributed by atoms with Gasteiger partial charge in [0.05, 0.1) is 11.7 Å².